The molecule has 0 spiro atoms. The fourth-order valence-corrected chi connectivity index (χ4v) is 2.46. The summed E-state index contributed by atoms with van der Waals surface area (Å²) in [6.07, 6.45) is 7.20. The summed E-state index contributed by atoms with van der Waals surface area (Å²) in [5.74, 6) is 0. The Bertz CT molecular complexity index is 878. The Hall–Kier alpha value is -3.34. The predicted octanol–water partition coefficient (Wildman–Crippen LogP) is 4.01. The molecule has 2 N–H and O–H groups in total. The highest BCUT2D eigenvalue weighted by Gasteiger charge is 2.01. The third-order valence-electron chi connectivity index (χ3n) is 3.60. The van der Waals surface area contributed by atoms with Gasteiger partial charge in [0.15, 0.2) is 0 Å². The van der Waals surface area contributed by atoms with Gasteiger partial charge in [0.2, 0.25) is 0 Å². The van der Waals surface area contributed by atoms with Gasteiger partial charge >= 0.3 is 0 Å². The molecule has 23 heavy (non-hydrogen) atoms. The minimum absolute atomic E-state index is 1.01. The van der Waals surface area contributed by atoms with Crippen LogP contribution in [0.25, 0.3) is 16.9 Å². The summed E-state index contributed by atoms with van der Waals surface area (Å²) in [6.45, 7) is 0. The van der Waals surface area contributed by atoms with Crippen molar-refractivity contribution in [1.29, 1.82) is 0 Å². The number of benzene rings is 2. The van der Waals surface area contributed by atoms with E-state index in [1.54, 1.807) is 12.5 Å². The fraction of sp³-hybridized carbons (Fsp3) is 0. The summed E-state index contributed by atoms with van der Waals surface area (Å²) >= 11 is 0. The SMILES string of the molecule is c1cc(Nc2ccc(-c3cnc[nH]3)cc2)cc(-n2cccn2)c1. The first-order chi connectivity index (χ1) is 11.4. The first kappa shape index (κ1) is 13.3. The van der Waals surface area contributed by atoms with Crippen molar-refractivity contribution in [3.8, 4) is 16.9 Å². The molecule has 4 rings (SSSR count). The Morgan fingerprint density at radius 1 is 0.957 bits per heavy atom. The number of aromatic amines is 1. The first-order valence-electron chi connectivity index (χ1n) is 7.34. The predicted molar refractivity (Wildman–Crippen MR) is 90.9 cm³/mol. The van der Waals surface area contributed by atoms with Gasteiger partial charge in [-0.15, -0.1) is 0 Å². The molecule has 2 aromatic heterocycles. The number of imidazole rings is 1. The second-order valence-corrected chi connectivity index (χ2v) is 5.17. The van der Waals surface area contributed by atoms with Crippen LogP contribution in [0.2, 0.25) is 0 Å². The van der Waals surface area contributed by atoms with Crippen molar-refractivity contribution in [3.05, 3.63) is 79.5 Å². The second-order valence-electron chi connectivity index (χ2n) is 5.17. The van der Waals surface area contributed by atoms with Crippen molar-refractivity contribution in [2.75, 3.05) is 5.32 Å². The van der Waals surface area contributed by atoms with Crippen LogP contribution in [0, 0.1) is 0 Å². The van der Waals surface area contributed by atoms with Crippen molar-refractivity contribution >= 4 is 11.4 Å². The van der Waals surface area contributed by atoms with Crippen LogP contribution in [0.1, 0.15) is 0 Å². The minimum Gasteiger partial charge on any atom is -0.355 e. The zero-order valence-electron chi connectivity index (χ0n) is 12.3. The van der Waals surface area contributed by atoms with Gasteiger partial charge in [-0.25, -0.2) is 9.67 Å². The fourth-order valence-electron chi connectivity index (χ4n) is 2.46. The van der Waals surface area contributed by atoms with Gasteiger partial charge in [-0.3, -0.25) is 0 Å². The van der Waals surface area contributed by atoms with Crippen molar-refractivity contribution in [1.82, 2.24) is 19.7 Å². The molecule has 0 fully saturated rings. The van der Waals surface area contributed by atoms with Crippen LogP contribution in [-0.2, 0) is 0 Å². The van der Waals surface area contributed by atoms with Crippen molar-refractivity contribution in [3.63, 3.8) is 0 Å². The van der Waals surface area contributed by atoms with E-state index in [9.17, 15) is 0 Å². The molecule has 112 valence electrons. The Morgan fingerprint density at radius 2 is 1.87 bits per heavy atom. The maximum absolute atomic E-state index is 4.25. The molecular weight excluding hydrogens is 286 g/mol. The molecular formula is C18H15N5. The van der Waals surface area contributed by atoms with Crippen LogP contribution in [-0.4, -0.2) is 19.7 Å². The van der Waals surface area contributed by atoms with E-state index in [2.05, 4.69) is 50.7 Å². The van der Waals surface area contributed by atoms with E-state index in [-0.39, 0.29) is 0 Å². The van der Waals surface area contributed by atoms with Gasteiger partial charge in [-0.05, 0) is 42.0 Å². The van der Waals surface area contributed by atoms with E-state index < -0.39 is 0 Å². The number of rotatable bonds is 4. The Labute approximate surface area is 133 Å². The maximum Gasteiger partial charge on any atom is 0.0924 e. The molecule has 0 bridgehead atoms. The Kier molecular flexibility index (Phi) is 3.37. The molecule has 0 amide bonds. The van der Waals surface area contributed by atoms with E-state index in [1.807, 2.05) is 41.3 Å². The van der Waals surface area contributed by atoms with Crippen LogP contribution in [0.3, 0.4) is 0 Å². The largest absolute Gasteiger partial charge is 0.355 e. The number of aromatic nitrogens is 4. The number of nitrogens with zero attached hydrogens (tertiary/aromatic N) is 3. The summed E-state index contributed by atoms with van der Waals surface area (Å²) in [5, 5.41) is 7.67. The number of H-pyrrole nitrogens is 1. The van der Waals surface area contributed by atoms with Gasteiger partial charge in [-0.2, -0.15) is 5.10 Å². The molecule has 0 atom stereocenters. The van der Waals surface area contributed by atoms with Crippen LogP contribution >= 0.6 is 0 Å². The molecule has 0 unspecified atom stereocenters. The Balaban J connectivity index is 1.55. The lowest BCUT2D eigenvalue weighted by Crippen LogP contribution is -1.96. The summed E-state index contributed by atoms with van der Waals surface area (Å²) < 4.78 is 1.84. The highest BCUT2D eigenvalue weighted by molar-refractivity contribution is 5.66. The van der Waals surface area contributed by atoms with Gasteiger partial charge in [0.1, 0.15) is 0 Å². The third kappa shape index (κ3) is 2.85. The van der Waals surface area contributed by atoms with Gasteiger partial charge in [0, 0.05) is 23.8 Å². The maximum atomic E-state index is 4.25. The van der Waals surface area contributed by atoms with E-state index in [4.69, 9.17) is 0 Å². The number of nitrogens with one attached hydrogen (secondary N) is 2. The zero-order valence-corrected chi connectivity index (χ0v) is 12.3. The van der Waals surface area contributed by atoms with Gasteiger partial charge in [0.25, 0.3) is 0 Å². The van der Waals surface area contributed by atoms with Crippen molar-refractivity contribution in [2.24, 2.45) is 0 Å². The lowest BCUT2D eigenvalue weighted by atomic mass is 10.1. The quantitative estimate of drug-likeness (QED) is 0.599. The van der Waals surface area contributed by atoms with Crippen LogP contribution in [0.5, 0.6) is 0 Å². The molecule has 5 nitrogen and oxygen atoms in total. The number of hydrogen-bond acceptors (Lipinski definition) is 3. The van der Waals surface area contributed by atoms with E-state index in [1.165, 1.54) is 0 Å². The highest BCUT2D eigenvalue weighted by Crippen LogP contribution is 2.22. The lowest BCUT2D eigenvalue weighted by Gasteiger charge is -2.09. The van der Waals surface area contributed by atoms with E-state index >= 15 is 0 Å². The van der Waals surface area contributed by atoms with Crippen molar-refractivity contribution < 1.29 is 0 Å². The summed E-state index contributed by atoms with van der Waals surface area (Å²) in [4.78, 5) is 7.15. The molecule has 4 aromatic rings. The second kappa shape index (κ2) is 5.81. The van der Waals surface area contributed by atoms with E-state index in [0.717, 1.165) is 28.3 Å². The Morgan fingerprint density at radius 3 is 2.61 bits per heavy atom. The monoisotopic (exact) mass is 301 g/mol. The van der Waals surface area contributed by atoms with Crippen LogP contribution in [0.15, 0.2) is 79.5 Å². The summed E-state index contributed by atoms with van der Waals surface area (Å²) in [7, 11) is 0. The molecule has 5 heteroatoms. The molecule has 0 saturated heterocycles. The van der Waals surface area contributed by atoms with Gasteiger partial charge in [-0.1, -0.05) is 18.2 Å². The smallest absolute Gasteiger partial charge is 0.0924 e. The normalized spacial score (nSPS) is 10.6. The summed E-state index contributed by atoms with van der Waals surface area (Å²) in [5.41, 5.74) is 5.20. The molecule has 0 saturated carbocycles. The molecule has 2 heterocycles. The number of hydrogen-bond donors (Lipinski definition) is 2. The molecule has 0 aliphatic heterocycles. The van der Waals surface area contributed by atoms with Gasteiger partial charge in [0.05, 0.1) is 23.9 Å². The topological polar surface area (TPSA) is 58.5 Å². The molecule has 2 aromatic carbocycles. The average molecular weight is 301 g/mol. The highest BCUT2D eigenvalue weighted by atomic mass is 15.3. The molecule has 0 radical (unpaired) electrons. The number of anilines is 2. The minimum atomic E-state index is 1.01. The summed E-state index contributed by atoms with van der Waals surface area (Å²) in [6, 6.07) is 18.3. The van der Waals surface area contributed by atoms with Crippen LogP contribution in [0.4, 0.5) is 11.4 Å². The first-order valence-corrected chi connectivity index (χ1v) is 7.34. The lowest BCUT2D eigenvalue weighted by molar-refractivity contribution is 0.881. The van der Waals surface area contributed by atoms with Crippen molar-refractivity contribution in [2.45, 2.75) is 0 Å². The standard InChI is InChI=1S/C18H15N5/c1-3-16(11-17(4-1)23-10-2-9-21-23)22-15-7-5-14(6-8-15)18-12-19-13-20-18/h1-13,22H,(H,19,20). The molecule has 0 aliphatic rings. The van der Waals surface area contributed by atoms with Crippen LogP contribution < -0.4 is 5.32 Å². The van der Waals surface area contributed by atoms with Gasteiger partial charge < -0.3 is 10.3 Å². The van der Waals surface area contributed by atoms with E-state index in [0.29, 0.717) is 0 Å². The average Bonchev–Trinajstić information content (AvgIpc) is 3.30. The molecule has 0 aliphatic carbocycles. The zero-order chi connectivity index (χ0) is 15.5. The third-order valence-corrected chi connectivity index (χ3v) is 3.60.